The zero-order chi connectivity index (χ0) is 37.3. The van der Waals surface area contributed by atoms with Gasteiger partial charge in [0, 0.05) is 81.5 Å². The van der Waals surface area contributed by atoms with Crippen molar-refractivity contribution >= 4 is 88.2 Å². The quantitative estimate of drug-likeness (QED) is 0.172. The smallest absolute Gasteiger partial charge is 0.137 e. The van der Waals surface area contributed by atoms with E-state index in [1.54, 1.807) is 0 Å². The van der Waals surface area contributed by atoms with E-state index in [0.717, 1.165) is 67.5 Å². The molecule has 7 heteroatoms. The third kappa shape index (κ3) is 4.94. The van der Waals surface area contributed by atoms with Crippen LogP contribution in [0, 0.1) is 0 Å². The summed E-state index contributed by atoms with van der Waals surface area (Å²) in [5.74, 6) is 2.35. The first-order valence-electron chi connectivity index (χ1n) is 18.8. The number of pyridine rings is 1. The number of ether oxygens (including phenoxy) is 1. The SMILES string of the molecule is Cn1c2ccccc2c2cc3c4ccccc4n(C)c3c(Nc3ccccc3Nc3cccc(Oc4ccc5c6ccccc6n(-c6ccccn6)c5c4)c3)c21. The summed E-state index contributed by atoms with van der Waals surface area (Å²) in [6, 6.07) is 56.9. The molecule has 0 amide bonds. The van der Waals surface area contributed by atoms with E-state index in [9.17, 15) is 0 Å². The second-order valence-electron chi connectivity index (χ2n) is 14.3. The Bertz CT molecular complexity index is 3220. The van der Waals surface area contributed by atoms with Crippen molar-refractivity contribution in [2.75, 3.05) is 10.6 Å². The Balaban J connectivity index is 0.970. The molecule has 2 N–H and O–H groups in total. The van der Waals surface area contributed by atoms with Crippen LogP contribution in [0.15, 0.2) is 170 Å². The van der Waals surface area contributed by atoms with Crippen molar-refractivity contribution in [1.29, 1.82) is 0 Å². The molecule has 7 nitrogen and oxygen atoms in total. The molecular formula is C49H36N6O. The maximum absolute atomic E-state index is 6.56. The minimum absolute atomic E-state index is 0.734. The monoisotopic (exact) mass is 724 g/mol. The van der Waals surface area contributed by atoms with Gasteiger partial charge in [0.1, 0.15) is 17.3 Å². The normalized spacial score (nSPS) is 11.8. The average molecular weight is 725 g/mol. The summed E-state index contributed by atoms with van der Waals surface area (Å²) in [7, 11) is 4.33. The molecule has 0 radical (unpaired) electrons. The van der Waals surface area contributed by atoms with Crippen LogP contribution in [-0.4, -0.2) is 18.7 Å². The van der Waals surface area contributed by atoms with Crippen LogP contribution in [0.4, 0.5) is 22.7 Å². The number of benzene rings is 7. The molecule has 11 aromatic rings. The zero-order valence-corrected chi connectivity index (χ0v) is 30.9. The fourth-order valence-electron chi connectivity index (χ4n) is 8.63. The maximum Gasteiger partial charge on any atom is 0.137 e. The number of para-hydroxylation sites is 5. The van der Waals surface area contributed by atoms with Gasteiger partial charge in [-0.1, -0.05) is 78.9 Å². The molecule has 0 aliphatic heterocycles. The number of aromatic nitrogens is 4. The number of nitrogens with zero attached hydrogens (tertiary/aromatic N) is 4. The highest BCUT2D eigenvalue weighted by Crippen LogP contribution is 2.44. The number of aryl methyl sites for hydroxylation is 2. The van der Waals surface area contributed by atoms with E-state index in [1.165, 1.54) is 38.0 Å². The second-order valence-corrected chi connectivity index (χ2v) is 14.3. The Morgan fingerprint density at radius 2 is 1.02 bits per heavy atom. The van der Waals surface area contributed by atoms with E-state index < -0.39 is 0 Å². The van der Waals surface area contributed by atoms with E-state index in [2.05, 4.69) is 165 Å². The highest BCUT2D eigenvalue weighted by Gasteiger charge is 2.21. The minimum Gasteiger partial charge on any atom is -0.457 e. The fourth-order valence-corrected chi connectivity index (χ4v) is 8.63. The molecule has 0 fully saturated rings. The number of nitrogens with one attached hydrogen (secondary N) is 2. The van der Waals surface area contributed by atoms with Crippen LogP contribution in [0.2, 0.25) is 0 Å². The molecule has 4 heterocycles. The third-order valence-electron chi connectivity index (χ3n) is 11.1. The number of fused-ring (bicyclic) bond motifs is 9. The highest BCUT2D eigenvalue weighted by atomic mass is 16.5. The summed E-state index contributed by atoms with van der Waals surface area (Å²) < 4.78 is 13.4. The van der Waals surface area contributed by atoms with Crippen LogP contribution in [0.25, 0.3) is 71.2 Å². The Morgan fingerprint density at radius 1 is 0.446 bits per heavy atom. The molecule has 7 aromatic carbocycles. The molecule has 0 atom stereocenters. The van der Waals surface area contributed by atoms with Gasteiger partial charge in [-0.15, -0.1) is 0 Å². The van der Waals surface area contributed by atoms with Crippen molar-refractivity contribution in [3.05, 3.63) is 170 Å². The van der Waals surface area contributed by atoms with E-state index in [4.69, 9.17) is 4.74 Å². The molecule has 11 rings (SSSR count). The first kappa shape index (κ1) is 32.0. The Morgan fingerprint density at radius 3 is 1.70 bits per heavy atom. The Hall–Kier alpha value is -7.51. The largest absolute Gasteiger partial charge is 0.457 e. The summed E-state index contributed by atoms with van der Waals surface area (Å²) >= 11 is 0. The van der Waals surface area contributed by atoms with Crippen LogP contribution in [0.5, 0.6) is 11.5 Å². The summed E-state index contributed by atoms with van der Waals surface area (Å²) in [5, 5.41) is 14.9. The summed E-state index contributed by atoms with van der Waals surface area (Å²) in [6.07, 6.45) is 1.83. The van der Waals surface area contributed by atoms with Gasteiger partial charge in [0.05, 0.1) is 39.1 Å². The Kier molecular flexibility index (Phi) is 7.16. The van der Waals surface area contributed by atoms with Crippen LogP contribution in [0.3, 0.4) is 0 Å². The van der Waals surface area contributed by atoms with Crippen molar-refractivity contribution in [2.24, 2.45) is 14.1 Å². The van der Waals surface area contributed by atoms with Gasteiger partial charge in [-0.3, -0.25) is 4.57 Å². The molecule has 0 unspecified atom stereocenters. The van der Waals surface area contributed by atoms with Gasteiger partial charge >= 0.3 is 0 Å². The lowest BCUT2D eigenvalue weighted by Crippen LogP contribution is -2.02. The van der Waals surface area contributed by atoms with Crippen molar-refractivity contribution in [2.45, 2.75) is 0 Å². The molecule has 268 valence electrons. The predicted molar refractivity (Wildman–Crippen MR) is 233 cm³/mol. The molecule has 4 aromatic heterocycles. The molecule has 0 saturated carbocycles. The number of rotatable bonds is 7. The van der Waals surface area contributed by atoms with Crippen molar-refractivity contribution in [1.82, 2.24) is 18.7 Å². The van der Waals surface area contributed by atoms with Crippen molar-refractivity contribution < 1.29 is 4.74 Å². The lowest BCUT2D eigenvalue weighted by atomic mass is 10.1. The van der Waals surface area contributed by atoms with Crippen molar-refractivity contribution in [3.8, 4) is 17.3 Å². The summed E-state index contributed by atoms with van der Waals surface area (Å²) in [6.45, 7) is 0. The Labute approximate surface area is 322 Å². The standard InChI is InChI=1S/C49H36N6O/c1-53-42-21-8-3-17-35(42)38-30-39-36-18-4-9-22-43(36)54(2)49(39)47(48(38)53)52-41-20-7-6-19-40(41)51-31-14-13-15-32(28-31)56-33-25-26-37-34-16-5-10-23-44(34)55(45(37)29-33)46-24-11-12-27-50-46/h3-30,51-52H,1-2H3. The maximum atomic E-state index is 6.56. The van der Waals surface area contributed by atoms with E-state index in [0.29, 0.717) is 0 Å². The zero-order valence-electron chi connectivity index (χ0n) is 30.9. The first-order valence-corrected chi connectivity index (χ1v) is 18.8. The molecule has 0 saturated heterocycles. The average Bonchev–Trinajstić information content (AvgIpc) is 3.83. The summed E-state index contributed by atoms with van der Waals surface area (Å²) in [4.78, 5) is 4.68. The van der Waals surface area contributed by atoms with E-state index in [1.807, 2.05) is 48.7 Å². The highest BCUT2D eigenvalue weighted by molar-refractivity contribution is 6.25. The van der Waals surface area contributed by atoms with Crippen molar-refractivity contribution in [3.63, 3.8) is 0 Å². The number of hydrogen-bond acceptors (Lipinski definition) is 4. The van der Waals surface area contributed by atoms with E-state index >= 15 is 0 Å². The minimum atomic E-state index is 0.734. The van der Waals surface area contributed by atoms with Crippen LogP contribution >= 0.6 is 0 Å². The van der Waals surface area contributed by atoms with Gasteiger partial charge < -0.3 is 24.5 Å². The van der Waals surface area contributed by atoms with Gasteiger partial charge in [-0.2, -0.15) is 0 Å². The van der Waals surface area contributed by atoms with Gasteiger partial charge in [-0.25, -0.2) is 4.98 Å². The molecular weight excluding hydrogens is 689 g/mol. The first-order chi connectivity index (χ1) is 27.6. The number of hydrogen-bond donors (Lipinski definition) is 2. The number of anilines is 4. The lowest BCUT2D eigenvalue weighted by molar-refractivity contribution is 0.483. The second kappa shape index (κ2) is 12.5. The topological polar surface area (TPSA) is 61.0 Å². The fraction of sp³-hybridized carbons (Fsp3) is 0.0408. The van der Waals surface area contributed by atoms with Crippen LogP contribution in [0.1, 0.15) is 0 Å². The molecule has 0 aliphatic rings. The van der Waals surface area contributed by atoms with Gasteiger partial charge in [0.15, 0.2) is 0 Å². The van der Waals surface area contributed by atoms with Crippen LogP contribution < -0.4 is 15.4 Å². The van der Waals surface area contributed by atoms with Crippen LogP contribution in [-0.2, 0) is 14.1 Å². The molecule has 56 heavy (non-hydrogen) atoms. The summed E-state index contributed by atoms with van der Waals surface area (Å²) in [5.41, 5.74) is 10.8. The molecule has 0 aliphatic carbocycles. The van der Waals surface area contributed by atoms with Gasteiger partial charge in [0.2, 0.25) is 0 Å². The molecule has 0 spiro atoms. The van der Waals surface area contributed by atoms with E-state index in [-0.39, 0.29) is 0 Å². The third-order valence-corrected chi connectivity index (χ3v) is 11.1. The van der Waals surface area contributed by atoms with Gasteiger partial charge in [0.25, 0.3) is 0 Å². The molecule has 0 bridgehead atoms. The predicted octanol–water partition coefficient (Wildman–Crippen LogP) is 12.7. The lowest BCUT2D eigenvalue weighted by Gasteiger charge is -2.18. The van der Waals surface area contributed by atoms with Gasteiger partial charge in [-0.05, 0) is 72.8 Å².